The van der Waals surface area contributed by atoms with E-state index in [0.717, 1.165) is 35.1 Å². The summed E-state index contributed by atoms with van der Waals surface area (Å²) in [6, 6.07) is 16.2. The lowest BCUT2D eigenvalue weighted by Gasteiger charge is -2.19. The van der Waals surface area contributed by atoms with E-state index >= 15 is 0 Å². The van der Waals surface area contributed by atoms with Crippen molar-refractivity contribution in [2.24, 2.45) is 0 Å². The Balaban J connectivity index is 1.18. The fourth-order valence-corrected chi connectivity index (χ4v) is 5.07. The lowest BCUT2D eigenvalue weighted by atomic mass is 9.98. The van der Waals surface area contributed by atoms with Gasteiger partial charge >= 0.3 is 12.1 Å². The molecule has 0 bridgehead atoms. The van der Waals surface area contributed by atoms with Crippen LogP contribution in [0.15, 0.2) is 53.9 Å². The fraction of sp³-hybridized carbons (Fsp3) is 0.280. The number of carboxylic acid groups (broad SMARTS) is 1. The van der Waals surface area contributed by atoms with Crippen LogP contribution in [0.4, 0.5) is 9.93 Å². The smallest absolute Gasteiger partial charge is 0.413 e. The zero-order chi connectivity index (χ0) is 23.7. The predicted octanol–water partition coefficient (Wildman–Crippen LogP) is 4.12. The number of benzene rings is 2. The summed E-state index contributed by atoms with van der Waals surface area (Å²) in [4.78, 5) is 41.7. The number of thiazole rings is 1. The van der Waals surface area contributed by atoms with Crippen LogP contribution < -0.4 is 5.32 Å². The minimum absolute atomic E-state index is 0.000609. The molecular weight excluding hydrogens is 454 g/mol. The lowest BCUT2D eigenvalue weighted by Crippen LogP contribution is -2.38. The molecule has 1 saturated carbocycles. The second kappa shape index (κ2) is 9.26. The number of nitrogens with one attached hydrogen (secondary N) is 1. The first-order valence-electron chi connectivity index (χ1n) is 11.1. The topological polar surface area (TPSA) is 109 Å². The Morgan fingerprint density at radius 3 is 2.32 bits per heavy atom. The molecule has 9 heteroatoms. The Kier molecular flexibility index (Phi) is 6.02. The Bertz CT molecular complexity index is 1210. The van der Waals surface area contributed by atoms with E-state index in [0.29, 0.717) is 10.8 Å². The summed E-state index contributed by atoms with van der Waals surface area (Å²) in [5.41, 5.74) is 5.06. The molecule has 2 amide bonds. The number of ether oxygens (including phenoxy) is 1. The van der Waals surface area contributed by atoms with Gasteiger partial charge in [-0.2, -0.15) is 0 Å². The monoisotopic (exact) mass is 477 g/mol. The molecule has 2 N–H and O–H groups in total. The number of carboxylic acids is 1. The molecule has 174 valence electrons. The maximum atomic E-state index is 12.5. The van der Waals surface area contributed by atoms with E-state index in [2.05, 4.69) is 34.6 Å². The molecule has 8 nitrogen and oxygen atoms in total. The first kappa shape index (κ1) is 22.1. The maximum absolute atomic E-state index is 12.5. The highest BCUT2D eigenvalue weighted by Crippen LogP contribution is 2.44. The van der Waals surface area contributed by atoms with Crippen LogP contribution in [0.25, 0.3) is 11.1 Å². The molecule has 1 heterocycles. The van der Waals surface area contributed by atoms with Crippen LogP contribution in [0.5, 0.6) is 0 Å². The number of nitrogens with zero attached hydrogens (tertiary/aromatic N) is 2. The summed E-state index contributed by atoms with van der Waals surface area (Å²) in [6.45, 7) is -0.111. The molecular formula is C25H23N3O5S. The first-order chi connectivity index (χ1) is 16.5. The number of anilines is 1. The van der Waals surface area contributed by atoms with Gasteiger partial charge in [0.15, 0.2) is 5.13 Å². The van der Waals surface area contributed by atoms with Crippen molar-refractivity contribution in [3.05, 3.63) is 70.7 Å². The van der Waals surface area contributed by atoms with Gasteiger partial charge in [-0.3, -0.25) is 14.9 Å². The van der Waals surface area contributed by atoms with Crippen molar-refractivity contribution in [3.63, 3.8) is 0 Å². The van der Waals surface area contributed by atoms with Crippen molar-refractivity contribution in [3.8, 4) is 11.1 Å². The normalized spacial score (nSPS) is 14.2. The number of fused-ring (bicyclic) bond motifs is 3. The first-order valence-corrected chi connectivity index (χ1v) is 11.9. The maximum Gasteiger partial charge on any atom is 0.413 e. The average Bonchev–Trinajstić information content (AvgIpc) is 3.50. The molecule has 0 aliphatic heterocycles. The highest BCUT2D eigenvalue weighted by atomic mass is 32.1. The van der Waals surface area contributed by atoms with Crippen LogP contribution in [0.1, 0.15) is 35.6 Å². The predicted molar refractivity (Wildman–Crippen MR) is 127 cm³/mol. The van der Waals surface area contributed by atoms with Crippen LogP contribution in [0.3, 0.4) is 0 Å². The van der Waals surface area contributed by atoms with Gasteiger partial charge in [-0.05, 0) is 35.1 Å². The van der Waals surface area contributed by atoms with Crippen molar-refractivity contribution < 1.29 is 24.2 Å². The van der Waals surface area contributed by atoms with Gasteiger partial charge in [0.25, 0.3) is 0 Å². The van der Waals surface area contributed by atoms with Gasteiger partial charge in [0.1, 0.15) is 13.2 Å². The van der Waals surface area contributed by atoms with E-state index in [1.165, 1.54) is 16.2 Å². The lowest BCUT2D eigenvalue weighted by molar-refractivity contribution is -0.144. The highest BCUT2D eigenvalue weighted by molar-refractivity contribution is 7.13. The van der Waals surface area contributed by atoms with Crippen LogP contribution in [0, 0.1) is 0 Å². The van der Waals surface area contributed by atoms with Gasteiger partial charge in [0, 0.05) is 17.3 Å². The molecule has 0 unspecified atom stereocenters. The number of rotatable bonds is 8. The van der Waals surface area contributed by atoms with Crippen molar-refractivity contribution in [1.29, 1.82) is 0 Å². The quantitative estimate of drug-likeness (QED) is 0.505. The van der Waals surface area contributed by atoms with Crippen molar-refractivity contribution in [2.45, 2.75) is 31.2 Å². The van der Waals surface area contributed by atoms with Crippen molar-refractivity contribution in [1.82, 2.24) is 9.88 Å². The van der Waals surface area contributed by atoms with Gasteiger partial charge in [-0.15, -0.1) is 11.3 Å². The molecule has 0 spiro atoms. The Labute approximate surface area is 200 Å². The molecule has 0 radical (unpaired) electrons. The zero-order valence-electron chi connectivity index (χ0n) is 18.3. The largest absolute Gasteiger partial charge is 0.480 e. The Hall–Kier alpha value is -3.72. The van der Waals surface area contributed by atoms with Gasteiger partial charge in [0.2, 0.25) is 5.91 Å². The Morgan fingerprint density at radius 1 is 1.06 bits per heavy atom. The van der Waals surface area contributed by atoms with Gasteiger partial charge in [-0.1, -0.05) is 48.5 Å². The average molecular weight is 478 g/mol. The molecule has 1 aromatic heterocycles. The van der Waals surface area contributed by atoms with Crippen molar-refractivity contribution >= 4 is 34.4 Å². The van der Waals surface area contributed by atoms with E-state index in [-0.39, 0.29) is 37.4 Å². The molecule has 2 aromatic carbocycles. The number of carbonyl (C=O) groups is 3. The minimum atomic E-state index is -1.03. The van der Waals surface area contributed by atoms with Gasteiger partial charge in [0.05, 0.1) is 12.1 Å². The summed E-state index contributed by atoms with van der Waals surface area (Å²) < 4.78 is 5.53. The van der Waals surface area contributed by atoms with Crippen LogP contribution in [-0.2, 0) is 20.7 Å². The molecule has 3 aromatic rings. The third kappa shape index (κ3) is 4.65. The number of aromatic nitrogens is 1. The summed E-state index contributed by atoms with van der Waals surface area (Å²) >= 11 is 1.19. The van der Waals surface area contributed by atoms with E-state index in [4.69, 9.17) is 9.84 Å². The third-order valence-corrected chi connectivity index (χ3v) is 6.86. The SMILES string of the molecule is O=C(O)CN(C(=O)Cc1csc(NC(=O)OCC2c3ccccc3-c3ccccc32)n1)C1CC1. The second-order valence-electron chi connectivity index (χ2n) is 8.42. The van der Waals surface area contributed by atoms with Gasteiger partial charge < -0.3 is 14.7 Å². The van der Waals surface area contributed by atoms with Crippen LogP contribution in [-0.4, -0.2) is 52.2 Å². The summed E-state index contributed by atoms with van der Waals surface area (Å²) in [6.07, 6.45) is 1.03. The highest BCUT2D eigenvalue weighted by Gasteiger charge is 2.34. The zero-order valence-corrected chi connectivity index (χ0v) is 19.1. The number of aliphatic carboxylic acids is 1. The molecule has 2 aliphatic rings. The van der Waals surface area contributed by atoms with E-state index in [9.17, 15) is 14.4 Å². The number of amides is 2. The third-order valence-electron chi connectivity index (χ3n) is 6.05. The minimum Gasteiger partial charge on any atom is -0.480 e. The second-order valence-corrected chi connectivity index (χ2v) is 9.28. The molecule has 0 saturated heterocycles. The molecule has 5 rings (SSSR count). The summed E-state index contributed by atoms with van der Waals surface area (Å²) in [5.74, 6) is -1.34. The summed E-state index contributed by atoms with van der Waals surface area (Å²) in [5, 5.41) is 13.7. The van der Waals surface area contributed by atoms with E-state index in [1.54, 1.807) is 5.38 Å². The van der Waals surface area contributed by atoms with E-state index < -0.39 is 12.1 Å². The molecule has 1 fully saturated rings. The van der Waals surface area contributed by atoms with Gasteiger partial charge in [-0.25, -0.2) is 9.78 Å². The number of hydrogen-bond acceptors (Lipinski definition) is 6. The standard InChI is InChI=1S/C25H23N3O5S/c29-22(28(12-23(30)31)16-9-10-16)11-15-14-34-24(26-15)27-25(32)33-13-21-19-7-3-1-5-17(19)18-6-2-4-8-20(18)21/h1-8,14,16,21H,9-13H2,(H,30,31)(H,26,27,32). The molecule has 34 heavy (non-hydrogen) atoms. The molecule has 0 atom stereocenters. The van der Waals surface area contributed by atoms with Crippen LogP contribution in [0.2, 0.25) is 0 Å². The van der Waals surface area contributed by atoms with E-state index in [1.807, 2.05) is 24.3 Å². The fourth-order valence-electron chi connectivity index (χ4n) is 4.38. The van der Waals surface area contributed by atoms with Crippen molar-refractivity contribution in [2.75, 3.05) is 18.5 Å². The molecule has 2 aliphatic carbocycles. The Morgan fingerprint density at radius 2 is 1.71 bits per heavy atom. The summed E-state index contributed by atoms with van der Waals surface area (Å²) in [7, 11) is 0. The number of carbonyl (C=O) groups excluding carboxylic acids is 2. The number of hydrogen-bond donors (Lipinski definition) is 2. The van der Waals surface area contributed by atoms with Crippen LogP contribution >= 0.6 is 11.3 Å².